The van der Waals surface area contributed by atoms with E-state index >= 15 is 0 Å². The molecule has 4 rings (SSSR count). The van der Waals surface area contributed by atoms with Crippen molar-refractivity contribution in [1.82, 2.24) is 25.2 Å². The van der Waals surface area contributed by atoms with Crippen molar-refractivity contribution in [1.29, 1.82) is 0 Å². The second-order valence-corrected chi connectivity index (χ2v) is 7.24. The molecule has 0 aromatic carbocycles. The molecule has 160 valence electrons. The van der Waals surface area contributed by atoms with E-state index in [-0.39, 0.29) is 11.2 Å². The number of nitrogens with zero attached hydrogens (tertiary/aromatic N) is 3. The number of H-pyrrole nitrogens is 1. The van der Waals surface area contributed by atoms with E-state index in [9.17, 15) is 14.0 Å². The molecule has 3 aromatic heterocycles. The molecule has 7 nitrogen and oxygen atoms in total. The first kappa shape index (κ1) is 15.4. The van der Waals surface area contributed by atoms with Gasteiger partial charge in [-0.1, -0.05) is 12.9 Å². The number of pyridine rings is 3. The number of carbonyl (C=O) groups is 1. The summed E-state index contributed by atoms with van der Waals surface area (Å²) in [6.07, 6.45) is 1.26. The van der Waals surface area contributed by atoms with Crippen molar-refractivity contribution in [2.45, 2.75) is 26.2 Å². The standard InChI is InChI=1S/C23H24FN5O2/c1-3-15-11-19-20(28-22(15)30)10-14(12-26-19)13-29-8-6-16(7-9-29)17-4-5-18(23(31)25-2)27-21(17)24/h4-6,10-12H,3,7-9,13H2,1-2H3,(H,25,31)(H,28,30)/i1D3,3D2. The number of hydrogen-bond acceptors (Lipinski definition) is 5. The third kappa shape index (κ3) is 4.39. The summed E-state index contributed by atoms with van der Waals surface area (Å²) in [6, 6.07) is 5.94. The zero-order valence-electron chi connectivity index (χ0n) is 21.8. The fourth-order valence-corrected chi connectivity index (χ4v) is 3.59. The summed E-state index contributed by atoms with van der Waals surface area (Å²) in [4.78, 5) is 36.8. The van der Waals surface area contributed by atoms with Crippen molar-refractivity contribution in [3.05, 3.63) is 75.2 Å². The normalized spacial score (nSPS) is 17.7. The number of fused-ring (bicyclic) bond motifs is 1. The molecule has 0 unspecified atom stereocenters. The van der Waals surface area contributed by atoms with Crippen LogP contribution in [0.5, 0.6) is 0 Å². The van der Waals surface area contributed by atoms with Gasteiger partial charge in [-0.25, -0.2) is 4.98 Å². The van der Waals surface area contributed by atoms with Crippen LogP contribution in [0.3, 0.4) is 0 Å². The molecule has 4 heterocycles. The third-order valence-corrected chi connectivity index (χ3v) is 5.24. The lowest BCUT2D eigenvalue weighted by Crippen LogP contribution is -2.28. The first-order valence-corrected chi connectivity index (χ1v) is 9.73. The van der Waals surface area contributed by atoms with Gasteiger partial charge < -0.3 is 10.3 Å². The number of hydrogen-bond donors (Lipinski definition) is 2. The number of nitrogens with one attached hydrogen (secondary N) is 2. The lowest BCUT2D eigenvalue weighted by molar-refractivity contribution is 0.0957. The SMILES string of the molecule is [2H]C([2H])([2H])C([2H])([2H])c1cc2ncc(CN3CC=C(c4ccc(C(=O)NC)nc4F)CC3)cc2[nH]c1=O. The molecule has 0 fully saturated rings. The zero-order valence-corrected chi connectivity index (χ0v) is 16.8. The van der Waals surface area contributed by atoms with Crippen LogP contribution >= 0.6 is 0 Å². The number of halogens is 1. The van der Waals surface area contributed by atoms with Crippen LogP contribution in [0.4, 0.5) is 4.39 Å². The predicted octanol–water partition coefficient (Wildman–Crippen LogP) is 2.67. The lowest BCUT2D eigenvalue weighted by atomic mass is 10.00. The number of aromatic amines is 1. The van der Waals surface area contributed by atoms with Crippen molar-refractivity contribution in [3.63, 3.8) is 0 Å². The maximum Gasteiger partial charge on any atom is 0.269 e. The lowest BCUT2D eigenvalue weighted by Gasteiger charge is -2.26. The molecular weight excluding hydrogens is 397 g/mol. The molecule has 0 atom stereocenters. The fourth-order valence-electron chi connectivity index (χ4n) is 3.59. The van der Waals surface area contributed by atoms with Crippen molar-refractivity contribution < 1.29 is 16.0 Å². The molecule has 0 spiro atoms. The quantitative estimate of drug-likeness (QED) is 0.612. The highest BCUT2D eigenvalue weighted by Crippen LogP contribution is 2.25. The summed E-state index contributed by atoms with van der Waals surface area (Å²) in [5, 5.41) is 2.41. The number of carbonyl (C=O) groups excluding carboxylic acids is 1. The van der Waals surface area contributed by atoms with Crippen LogP contribution in [0.2, 0.25) is 0 Å². The summed E-state index contributed by atoms with van der Waals surface area (Å²) >= 11 is 0. The average molecular weight is 427 g/mol. The Labute approximate surface area is 186 Å². The summed E-state index contributed by atoms with van der Waals surface area (Å²) < 4.78 is 52.5. The average Bonchev–Trinajstić information content (AvgIpc) is 2.82. The Morgan fingerprint density at radius 1 is 1.42 bits per heavy atom. The number of rotatable bonds is 5. The second-order valence-electron chi connectivity index (χ2n) is 7.24. The minimum absolute atomic E-state index is 0.0142. The molecule has 0 saturated heterocycles. The molecular formula is C23H24FN5O2. The molecule has 0 radical (unpaired) electrons. The van der Waals surface area contributed by atoms with Gasteiger partial charge in [0.05, 0.1) is 11.0 Å². The Bertz CT molecular complexity index is 1420. The van der Waals surface area contributed by atoms with E-state index in [0.29, 0.717) is 37.1 Å². The summed E-state index contributed by atoms with van der Waals surface area (Å²) in [6.45, 7) is -1.32. The van der Waals surface area contributed by atoms with Gasteiger partial charge in [0.1, 0.15) is 5.69 Å². The molecule has 8 heteroatoms. The highest BCUT2D eigenvalue weighted by Gasteiger charge is 2.18. The van der Waals surface area contributed by atoms with Gasteiger partial charge >= 0.3 is 0 Å². The van der Waals surface area contributed by atoms with Gasteiger partial charge in [0.2, 0.25) is 5.95 Å². The monoisotopic (exact) mass is 426 g/mol. The second kappa shape index (κ2) is 8.77. The molecule has 2 N–H and O–H groups in total. The molecule has 31 heavy (non-hydrogen) atoms. The van der Waals surface area contributed by atoms with Gasteiger partial charge in [-0.3, -0.25) is 19.5 Å². The summed E-state index contributed by atoms with van der Waals surface area (Å²) in [7, 11) is 1.45. The van der Waals surface area contributed by atoms with Crippen molar-refractivity contribution in [3.8, 4) is 0 Å². The van der Waals surface area contributed by atoms with Crippen LogP contribution in [0.25, 0.3) is 16.6 Å². The molecule has 1 amide bonds. The molecule has 3 aromatic rings. The molecule has 1 aliphatic heterocycles. The Morgan fingerprint density at radius 3 is 3.00 bits per heavy atom. The van der Waals surface area contributed by atoms with E-state index in [1.54, 1.807) is 18.3 Å². The van der Waals surface area contributed by atoms with Crippen LogP contribution in [0.15, 0.2) is 41.3 Å². The third-order valence-electron chi connectivity index (χ3n) is 5.24. The van der Waals surface area contributed by atoms with Gasteiger partial charge in [-0.15, -0.1) is 0 Å². The highest BCUT2D eigenvalue weighted by atomic mass is 19.1. The predicted molar refractivity (Wildman–Crippen MR) is 117 cm³/mol. The number of aromatic nitrogens is 3. The maximum absolute atomic E-state index is 14.5. The smallest absolute Gasteiger partial charge is 0.269 e. The van der Waals surface area contributed by atoms with E-state index in [4.69, 9.17) is 6.85 Å². The van der Waals surface area contributed by atoms with E-state index in [1.165, 1.54) is 19.2 Å². The van der Waals surface area contributed by atoms with Gasteiger partial charge in [0.15, 0.2) is 0 Å². The van der Waals surface area contributed by atoms with Gasteiger partial charge in [-0.05, 0) is 48.2 Å². The maximum atomic E-state index is 14.5. The minimum Gasteiger partial charge on any atom is -0.354 e. The van der Waals surface area contributed by atoms with Crippen LogP contribution in [-0.4, -0.2) is 45.9 Å². The Hall–Kier alpha value is -3.39. The number of aryl methyl sites for hydroxylation is 1. The van der Waals surface area contributed by atoms with E-state index < -0.39 is 36.2 Å². The first-order valence-electron chi connectivity index (χ1n) is 12.2. The first-order chi connectivity index (χ1) is 16.9. The number of amides is 1. The Balaban J connectivity index is 1.50. The van der Waals surface area contributed by atoms with E-state index in [0.717, 1.165) is 11.1 Å². The van der Waals surface area contributed by atoms with Gasteiger partial charge in [0.25, 0.3) is 11.5 Å². The van der Waals surface area contributed by atoms with Crippen molar-refractivity contribution >= 4 is 22.5 Å². The summed E-state index contributed by atoms with van der Waals surface area (Å²) in [5.41, 5.74) is 1.33. The topological polar surface area (TPSA) is 91.0 Å². The van der Waals surface area contributed by atoms with Crippen molar-refractivity contribution in [2.75, 3.05) is 20.1 Å². The van der Waals surface area contributed by atoms with Crippen molar-refractivity contribution in [2.24, 2.45) is 0 Å². The summed E-state index contributed by atoms with van der Waals surface area (Å²) in [5.74, 6) is -1.15. The van der Waals surface area contributed by atoms with Crippen LogP contribution in [0.1, 0.15) is 47.3 Å². The molecule has 1 aliphatic rings. The molecule has 0 aliphatic carbocycles. The van der Waals surface area contributed by atoms with Crippen LogP contribution in [0, 0.1) is 5.95 Å². The minimum atomic E-state index is -3.00. The van der Waals surface area contributed by atoms with Crippen LogP contribution < -0.4 is 10.9 Å². The Kier molecular flexibility index (Phi) is 4.36. The largest absolute Gasteiger partial charge is 0.354 e. The Morgan fingerprint density at radius 2 is 2.29 bits per heavy atom. The van der Waals surface area contributed by atoms with Crippen LogP contribution in [-0.2, 0) is 12.9 Å². The van der Waals surface area contributed by atoms with E-state index in [1.807, 2.05) is 6.08 Å². The molecule has 0 saturated carbocycles. The fraction of sp³-hybridized carbons (Fsp3) is 0.304. The highest BCUT2D eigenvalue weighted by molar-refractivity contribution is 5.92. The zero-order chi connectivity index (χ0) is 26.3. The van der Waals surface area contributed by atoms with E-state index in [2.05, 4.69) is 25.2 Å². The van der Waals surface area contributed by atoms with Gasteiger partial charge in [0, 0.05) is 50.9 Å². The van der Waals surface area contributed by atoms with Gasteiger partial charge in [-0.2, -0.15) is 4.39 Å². The molecule has 0 bridgehead atoms.